The molecule has 1 saturated heterocycles. The Kier molecular flexibility index (Phi) is 13.1. The molecule has 4 rings (SSSR count). The zero-order chi connectivity index (χ0) is 40.8. The summed E-state index contributed by atoms with van der Waals surface area (Å²) in [6.07, 6.45) is 5.10. The van der Waals surface area contributed by atoms with E-state index in [2.05, 4.69) is 27.2 Å². The van der Waals surface area contributed by atoms with E-state index in [-0.39, 0.29) is 41.9 Å². The highest BCUT2D eigenvalue weighted by molar-refractivity contribution is 6.38. The summed E-state index contributed by atoms with van der Waals surface area (Å²) in [7, 11) is 3.11. The maximum atomic E-state index is 14.3. The molecule has 6 unspecified atom stereocenters. The molecule has 0 aromatic heterocycles. The van der Waals surface area contributed by atoms with Gasteiger partial charge in [-0.05, 0) is 58.9 Å². The van der Waals surface area contributed by atoms with Crippen LogP contribution in [0.4, 0.5) is 4.79 Å². The van der Waals surface area contributed by atoms with E-state index < -0.39 is 71.6 Å². The normalized spacial score (nSPS) is 19.6. The van der Waals surface area contributed by atoms with Crippen molar-refractivity contribution in [2.24, 2.45) is 22.7 Å². The molecule has 55 heavy (non-hydrogen) atoms. The van der Waals surface area contributed by atoms with Gasteiger partial charge in [-0.2, -0.15) is 0 Å². The first-order valence-corrected chi connectivity index (χ1v) is 18.3. The summed E-state index contributed by atoms with van der Waals surface area (Å²) in [4.78, 5) is 96.4. The summed E-state index contributed by atoms with van der Waals surface area (Å²) in [5, 5.41) is 10.3. The largest absolute Gasteiger partial charge is 0.413 e. The molecule has 6 atom stereocenters. The minimum Gasteiger partial charge on any atom is -0.410 e. The Bertz CT molecular complexity index is 1830. The van der Waals surface area contributed by atoms with Crippen LogP contribution in [0.3, 0.4) is 0 Å². The topological polar surface area (TPSA) is 183 Å². The summed E-state index contributed by atoms with van der Waals surface area (Å²) in [6, 6.07) is 10.6. The number of hydrogen-bond acceptors (Lipinski definition) is 8. The number of likely N-dealkylation sites (N-methyl/N-ethyl adjacent to an activating group) is 1. The first kappa shape index (κ1) is 42.0. The average molecular weight is 757 g/mol. The second-order valence-electron chi connectivity index (χ2n) is 15.9. The molecular weight excluding hydrogens is 704 g/mol. The second-order valence-corrected chi connectivity index (χ2v) is 15.9. The van der Waals surface area contributed by atoms with Crippen molar-refractivity contribution in [1.29, 1.82) is 0 Å². The summed E-state index contributed by atoms with van der Waals surface area (Å²) in [5.41, 5.74) is 0.0830. The van der Waals surface area contributed by atoms with Gasteiger partial charge < -0.3 is 35.8 Å². The number of nitrogens with one attached hydrogen (secondary N) is 4. The van der Waals surface area contributed by atoms with E-state index in [1.165, 1.54) is 21.9 Å². The number of carbonyl (C=O) groups excluding carboxylic acids is 7. The molecule has 1 heterocycles. The number of nitrogens with zero attached hydrogens (tertiary/aromatic N) is 2. The van der Waals surface area contributed by atoms with Crippen LogP contribution in [-0.2, 0) is 28.8 Å². The van der Waals surface area contributed by atoms with Gasteiger partial charge in [-0.25, -0.2) is 4.79 Å². The van der Waals surface area contributed by atoms with E-state index in [0.717, 1.165) is 0 Å². The highest BCUT2D eigenvalue weighted by Gasteiger charge is 2.70. The molecule has 0 radical (unpaired) electrons. The number of fused-ring (bicyclic) bond motifs is 1. The lowest BCUT2D eigenvalue weighted by Crippen LogP contribution is -2.60. The second kappa shape index (κ2) is 17.2. The number of Topliss-reactive ketones (excluding diaryl/α,β-unsaturated/α-hetero) is 1. The monoisotopic (exact) mass is 756 g/mol. The third-order valence-corrected chi connectivity index (χ3v) is 10.3. The van der Waals surface area contributed by atoms with Crippen LogP contribution in [0.25, 0.3) is 0 Å². The fourth-order valence-electron chi connectivity index (χ4n) is 7.13. The van der Waals surface area contributed by atoms with Crippen LogP contribution in [0.15, 0.2) is 54.6 Å². The third-order valence-electron chi connectivity index (χ3n) is 10.3. The minimum atomic E-state index is -1.24. The predicted molar refractivity (Wildman–Crippen MR) is 204 cm³/mol. The van der Waals surface area contributed by atoms with Crippen molar-refractivity contribution in [3.8, 4) is 18.1 Å². The van der Waals surface area contributed by atoms with Gasteiger partial charge in [-0.1, -0.05) is 84.2 Å². The van der Waals surface area contributed by atoms with E-state index in [9.17, 15) is 33.6 Å². The minimum absolute atomic E-state index is 0.00401. The molecule has 1 saturated carbocycles. The fraction of sp³-hybridized carbons (Fsp3) is 0.488. The number of ether oxygens (including phenoxy) is 1. The van der Waals surface area contributed by atoms with Crippen molar-refractivity contribution in [3.63, 3.8) is 0 Å². The molecule has 6 amide bonds. The SMILES string of the molecule is C#Cc1ccc(OC(=O)NC(C(=O)N2CC3C(C2C(=O)NC(CCC)C(=O)C(=O)NCC(=O)NC(C(=O)N(C)C)c2ccccc2)C3(C)C)C(C)(C)C)cc1. The number of piperidine rings is 1. The molecule has 14 nitrogen and oxygen atoms in total. The van der Waals surface area contributed by atoms with Gasteiger partial charge in [0, 0.05) is 26.2 Å². The number of terminal acetylenes is 1. The summed E-state index contributed by atoms with van der Waals surface area (Å²) >= 11 is 0. The molecule has 2 aromatic rings. The van der Waals surface area contributed by atoms with Gasteiger partial charge in [0.15, 0.2) is 0 Å². The molecule has 14 heteroatoms. The first-order valence-electron chi connectivity index (χ1n) is 18.3. The van der Waals surface area contributed by atoms with Gasteiger partial charge in [0.25, 0.3) is 5.91 Å². The number of carbonyl (C=O) groups is 7. The van der Waals surface area contributed by atoms with Crippen molar-refractivity contribution in [2.45, 2.75) is 78.6 Å². The molecule has 4 N–H and O–H groups in total. The van der Waals surface area contributed by atoms with Crippen molar-refractivity contribution in [3.05, 3.63) is 65.7 Å². The van der Waals surface area contributed by atoms with Gasteiger partial charge in [0.2, 0.25) is 29.4 Å². The van der Waals surface area contributed by atoms with Gasteiger partial charge in [-0.3, -0.25) is 28.8 Å². The van der Waals surface area contributed by atoms with E-state index in [1.807, 2.05) is 13.8 Å². The van der Waals surface area contributed by atoms with E-state index in [1.54, 1.807) is 84.3 Å². The van der Waals surface area contributed by atoms with Crippen molar-refractivity contribution in [1.82, 2.24) is 31.1 Å². The highest BCUT2D eigenvalue weighted by Crippen LogP contribution is 2.65. The molecule has 0 bridgehead atoms. The molecular formula is C41H52N6O8. The molecule has 1 aliphatic heterocycles. The number of likely N-dealkylation sites (tertiary alicyclic amines) is 1. The number of benzene rings is 2. The first-order chi connectivity index (χ1) is 25.8. The van der Waals surface area contributed by atoms with Crippen LogP contribution in [0.2, 0.25) is 0 Å². The Balaban J connectivity index is 1.44. The lowest BCUT2D eigenvalue weighted by atomic mass is 9.85. The lowest BCUT2D eigenvalue weighted by molar-refractivity contribution is -0.145. The van der Waals surface area contributed by atoms with E-state index >= 15 is 0 Å². The van der Waals surface area contributed by atoms with Crippen LogP contribution in [0, 0.1) is 35.0 Å². The van der Waals surface area contributed by atoms with Crippen LogP contribution in [-0.4, -0.2) is 96.5 Å². The number of ketones is 1. The predicted octanol–water partition coefficient (Wildman–Crippen LogP) is 2.57. The smallest absolute Gasteiger partial charge is 0.410 e. The fourth-order valence-corrected chi connectivity index (χ4v) is 7.13. The quantitative estimate of drug-likeness (QED) is 0.168. The zero-order valence-electron chi connectivity index (χ0n) is 32.7. The third kappa shape index (κ3) is 9.89. The Morgan fingerprint density at radius 3 is 2.16 bits per heavy atom. The van der Waals surface area contributed by atoms with E-state index in [0.29, 0.717) is 17.5 Å². The Morgan fingerprint density at radius 1 is 0.964 bits per heavy atom. The van der Waals surface area contributed by atoms with Crippen LogP contribution in [0.1, 0.15) is 71.6 Å². The van der Waals surface area contributed by atoms with Crippen LogP contribution >= 0.6 is 0 Å². The Hall–Kier alpha value is -5.71. The molecule has 294 valence electrons. The maximum Gasteiger partial charge on any atom is 0.413 e. The molecule has 2 aromatic carbocycles. The van der Waals surface area contributed by atoms with Gasteiger partial charge in [0.05, 0.1) is 12.6 Å². The van der Waals surface area contributed by atoms with Crippen molar-refractivity contribution >= 4 is 41.4 Å². The Labute approximate surface area is 322 Å². The van der Waals surface area contributed by atoms with Gasteiger partial charge in [0.1, 0.15) is 23.9 Å². The van der Waals surface area contributed by atoms with Gasteiger partial charge in [-0.15, -0.1) is 6.42 Å². The molecule has 2 aliphatic rings. The highest BCUT2D eigenvalue weighted by atomic mass is 16.6. The lowest BCUT2D eigenvalue weighted by Gasteiger charge is -2.37. The van der Waals surface area contributed by atoms with Crippen molar-refractivity contribution in [2.75, 3.05) is 27.2 Å². The number of amides is 6. The number of rotatable bonds is 14. The summed E-state index contributed by atoms with van der Waals surface area (Å²) < 4.78 is 5.43. The van der Waals surface area contributed by atoms with Crippen LogP contribution in [0.5, 0.6) is 5.75 Å². The molecule has 1 aliphatic carbocycles. The van der Waals surface area contributed by atoms with Gasteiger partial charge >= 0.3 is 6.09 Å². The van der Waals surface area contributed by atoms with Crippen LogP contribution < -0.4 is 26.0 Å². The maximum absolute atomic E-state index is 14.3. The number of hydrogen-bond donors (Lipinski definition) is 4. The Morgan fingerprint density at radius 2 is 1.60 bits per heavy atom. The zero-order valence-corrected chi connectivity index (χ0v) is 32.7. The molecule has 0 spiro atoms. The molecule has 2 fully saturated rings. The standard InChI is InChI=1S/C41H52N6O8/c1-10-15-28(33(49)36(51)42-22-29(48)44-31(37(52)46(8)9)25-16-13-12-14-17-25)43-35(50)32-30-27(41(30,6)7)23-47(32)38(53)34(40(3,4)5)45-39(54)55-26-20-18-24(11-2)19-21-26/h2,12-14,16-21,27-28,30-32,34H,10,15,22-23H2,1,3-9H3,(H,42,51)(H,43,50)(H,44,48)(H,45,54). The summed E-state index contributed by atoms with van der Waals surface area (Å²) in [5.74, 6) is -1.73. The van der Waals surface area contributed by atoms with Crippen molar-refractivity contribution < 1.29 is 38.3 Å². The van der Waals surface area contributed by atoms with E-state index in [4.69, 9.17) is 11.2 Å². The summed E-state index contributed by atoms with van der Waals surface area (Å²) in [6.45, 7) is 10.8. The average Bonchev–Trinajstić information content (AvgIpc) is 3.43.